The molecule has 0 saturated carbocycles. The first kappa shape index (κ1) is 23.2. The smallest absolute Gasteiger partial charge is 0.311 e. The number of amides is 2. The molecule has 3 aromatic heterocycles. The average molecular weight is 483 g/mol. The van der Waals surface area contributed by atoms with Crippen molar-refractivity contribution in [2.75, 3.05) is 5.32 Å². The Hall–Kier alpha value is -5.01. The number of ether oxygens (including phenoxy) is 1. The van der Waals surface area contributed by atoms with Crippen molar-refractivity contribution in [3.05, 3.63) is 88.1 Å². The molecule has 0 fully saturated rings. The number of aryl methyl sites for hydroxylation is 1. The first-order valence-corrected chi connectivity index (χ1v) is 10.1. The first-order chi connectivity index (χ1) is 16.8. The molecule has 13 nitrogen and oxygen atoms in total. The summed E-state index contributed by atoms with van der Waals surface area (Å²) in [6.07, 6.45) is 4.35. The van der Waals surface area contributed by atoms with E-state index in [1.54, 1.807) is 19.2 Å². The van der Waals surface area contributed by atoms with Crippen molar-refractivity contribution < 1.29 is 28.1 Å². The molecule has 0 bridgehead atoms. The summed E-state index contributed by atoms with van der Waals surface area (Å²) in [5, 5.41) is 24.4. The molecule has 4 aromatic rings. The van der Waals surface area contributed by atoms with Gasteiger partial charge in [-0.25, -0.2) is 9.07 Å². The summed E-state index contributed by atoms with van der Waals surface area (Å²) in [6.45, 7) is -0.172. The molecule has 0 aliphatic rings. The molecule has 14 heteroatoms. The van der Waals surface area contributed by atoms with Crippen LogP contribution in [0, 0.1) is 15.9 Å². The highest BCUT2D eigenvalue weighted by molar-refractivity contribution is 6.07. The quantitative estimate of drug-likeness (QED) is 0.271. The molecule has 2 N–H and O–H groups in total. The van der Waals surface area contributed by atoms with Crippen LogP contribution in [0.4, 0.5) is 15.8 Å². The van der Waals surface area contributed by atoms with Crippen molar-refractivity contribution in [1.29, 1.82) is 0 Å². The van der Waals surface area contributed by atoms with Crippen LogP contribution in [0.3, 0.4) is 0 Å². The Labute approximate surface area is 196 Å². The zero-order valence-corrected chi connectivity index (χ0v) is 18.2. The van der Waals surface area contributed by atoms with Gasteiger partial charge in [-0.2, -0.15) is 10.2 Å². The fourth-order valence-electron chi connectivity index (χ4n) is 3.04. The number of nitro benzene ring substituents is 1. The van der Waals surface area contributed by atoms with Gasteiger partial charge in [0.15, 0.2) is 18.1 Å². The summed E-state index contributed by atoms with van der Waals surface area (Å²) < 4.78 is 26.5. The minimum Gasteiger partial charge on any atom is -0.467 e. The number of halogens is 1. The van der Waals surface area contributed by atoms with Crippen molar-refractivity contribution >= 4 is 23.2 Å². The van der Waals surface area contributed by atoms with E-state index in [0.29, 0.717) is 5.76 Å². The van der Waals surface area contributed by atoms with Crippen LogP contribution < -0.4 is 15.4 Å². The molecule has 0 unspecified atom stereocenters. The number of carbonyl (C=O) groups excluding carboxylic acids is 2. The Morgan fingerprint density at radius 3 is 2.80 bits per heavy atom. The van der Waals surface area contributed by atoms with Crippen LogP contribution in [0.15, 0.2) is 59.5 Å². The molecule has 180 valence electrons. The Kier molecular flexibility index (Phi) is 6.53. The van der Waals surface area contributed by atoms with Gasteiger partial charge in [-0.1, -0.05) is 0 Å². The largest absolute Gasteiger partial charge is 0.467 e. The van der Waals surface area contributed by atoms with E-state index in [2.05, 4.69) is 20.8 Å². The van der Waals surface area contributed by atoms with Gasteiger partial charge in [-0.15, -0.1) is 0 Å². The number of hydrogen-bond acceptors (Lipinski definition) is 8. The number of benzene rings is 1. The predicted molar refractivity (Wildman–Crippen MR) is 117 cm³/mol. The number of nitrogens with zero attached hydrogens (tertiary/aromatic N) is 5. The number of nitrogens with one attached hydrogen (secondary N) is 2. The average Bonchev–Trinajstić information content (AvgIpc) is 3.57. The summed E-state index contributed by atoms with van der Waals surface area (Å²) in [6, 6.07) is 7.60. The van der Waals surface area contributed by atoms with E-state index in [0.717, 1.165) is 18.2 Å². The molecule has 0 aliphatic heterocycles. The number of hydrogen-bond donors (Lipinski definition) is 2. The van der Waals surface area contributed by atoms with Crippen LogP contribution in [-0.2, 0) is 20.3 Å². The molecule has 3 heterocycles. The minimum absolute atomic E-state index is 0.00594. The number of anilines is 1. The number of carbonyl (C=O) groups is 2. The molecule has 2 amide bonds. The van der Waals surface area contributed by atoms with Gasteiger partial charge in [0, 0.05) is 31.6 Å². The number of aromatic nitrogens is 4. The second-order valence-corrected chi connectivity index (χ2v) is 7.16. The third kappa shape index (κ3) is 5.50. The molecule has 0 aliphatic carbocycles. The second kappa shape index (κ2) is 9.86. The van der Waals surface area contributed by atoms with Gasteiger partial charge in [0.05, 0.1) is 23.4 Å². The molecule has 4 rings (SSSR count). The van der Waals surface area contributed by atoms with E-state index in [9.17, 15) is 24.1 Å². The zero-order chi connectivity index (χ0) is 24.9. The number of nitro groups is 1. The van der Waals surface area contributed by atoms with Crippen LogP contribution >= 0.6 is 0 Å². The molecular formula is C21H18FN7O6. The Morgan fingerprint density at radius 1 is 1.23 bits per heavy atom. The SMILES string of the molecule is Cn1cc(NC(=O)c2ccn(COc3cc(F)ccc3[N+](=O)[O-])n2)c(C(=O)NCc2ccco2)n1. The summed E-state index contributed by atoms with van der Waals surface area (Å²) in [5.74, 6) is -1.58. The van der Waals surface area contributed by atoms with Gasteiger partial charge in [0.1, 0.15) is 11.6 Å². The maximum absolute atomic E-state index is 13.4. The van der Waals surface area contributed by atoms with Gasteiger partial charge in [0.25, 0.3) is 11.8 Å². The van der Waals surface area contributed by atoms with Crippen LogP contribution in [0.1, 0.15) is 26.7 Å². The Bertz CT molecular complexity index is 1380. The molecular weight excluding hydrogens is 465 g/mol. The van der Waals surface area contributed by atoms with Gasteiger partial charge in [0.2, 0.25) is 5.75 Å². The lowest BCUT2D eigenvalue weighted by Gasteiger charge is -2.07. The lowest BCUT2D eigenvalue weighted by molar-refractivity contribution is -0.386. The minimum atomic E-state index is -0.702. The van der Waals surface area contributed by atoms with E-state index in [1.165, 1.54) is 34.1 Å². The van der Waals surface area contributed by atoms with Crippen molar-refractivity contribution in [1.82, 2.24) is 24.9 Å². The molecule has 0 saturated heterocycles. The van der Waals surface area contributed by atoms with E-state index in [-0.39, 0.29) is 36.1 Å². The molecule has 35 heavy (non-hydrogen) atoms. The monoisotopic (exact) mass is 483 g/mol. The Balaban J connectivity index is 1.40. The van der Waals surface area contributed by atoms with E-state index in [1.807, 2.05) is 0 Å². The van der Waals surface area contributed by atoms with Crippen LogP contribution in [-0.4, -0.2) is 36.3 Å². The topological polar surface area (TPSA) is 159 Å². The molecule has 0 radical (unpaired) electrons. The van der Waals surface area contributed by atoms with Crippen molar-refractivity contribution in [2.45, 2.75) is 13.3 Å². The summed E-state index contributed by atoms with van der Waals surface area (Å²) in [5.41, 5.74) is -0.275. The maximum Gasteiger partial charge on any atom is 0.311 e. The van der Waals surface area contributed by atoms with Gasteiger partial charge < -0.3 is 19.8 Å². The van der Waals surface area contributed by atoms with Crippen LogP contribution in [0.25, 0.3) is 0 Å². The van der Waals surface area contributed by atoms with Gasteiger partial charge >= 0.3 is 5.69 Å². The highest BCUT2D eigenvalue weighted by atomic mass is 19.1. The lowest BCUT2D eigenvalue weighted by Crippen LogP contribution is -2.25. The number of furan rings is 1. The normalized spacial score (nSPS) is 10.7. The fourth-order valence-corrected chi connectivity index (χ4v) is 3.04. The van der Waals surface area contributed by atoms with Gasteiger partial charge in [-0.3, -0.25) is 24.4 Å². The van der Waals surface area contributed by atoms with E-state index < -0.39 is 28.2 Å². The number of rotatable bonds is 9. The van der Waals surface area contributed by atoms with E-state index in [4.69, 9.17) is 9.15 Å². The standard InChI is InChI=1S/C21H18FN7O6/c1-27-11-16(19(26-27)21(31)23-10-14-3-2-8-34-14)24-20(30)15-6-7-28(25-15)12-35-18-9-13(22)4-5-17(18)29(32)33/h2-9,11H,10,12H2,1H3,(H,23,31)(H,24,30). The van der Waals surface area contributed by atoms with Crippen LogP contribution in [0.5, 0.6) is 5.75 Å². The molecule has 1 aromatic carbocycles. The summed E-state index contributed by atoms with van der Waals surface area (Å²) in [4.78, 5) is 35.6. The third-order valence-electron chi connectivity index (χ3n) is 4.64. The highest BCUT2D eigenvalue weighted by Gasteiger charge is 2.20. The Morgan fingerprint density at radius 2 is 2.06 bits per heavy atom. The summed E-state index contributed by atoms with van der Waals surface area (Å²) in [7, 11) is 1.59. The van der Waals surface area contributed by atoms with Gasteiger partial charge in [-0.05, 0) is 24.3 Å². The molecule has 0 spiro atoms. The predicted octanol–water partition coefficient (Wildman–Crippen LogP) is 2.48. The third-order valence-corrected chi connectivity index (χ3v) is 4.64. The first-order valence-electron chi connectivity index (χ1n) is 10.1. The van der Waals surface area contributed by atoms with E-state index >= 15 is 0 Å². The van der Waals surface area contributed by atoms with Crippen molar-refractivity contribution in [3.63, 3.8) is 0 Å². The van der Waals surface area contributed by atoms with Crippen molar-refractivity contribution in [2.24, 2.45) is 7.05 Å². The van der Waals surface area contributed by atoms with Crippen LogP contribution in [0.2, 0.25) is 0 Å². The summed E-state index contributed by atoms with van der Waals surface area (Å²) >= 11 is 0. The fraction of sp³-hybridized carbons (Fsp3) is 0.143. The maximum atomic E-state index is 13.4. The second-order valence-electron chi connectivity index (χ2n) is 7.16. The zero-order valence-electron chi connectivity index (χ0n) is 18.2. The van der Waals surface area contributed by atoms with Crippen molar-refractivity contribution in [3.8, 4) is 5.75 Å². The lowest BCUT2D eigenvalue weighted by atomic mass is 10.3. The highest BCUT2D eigenvalue weighted by Crippen LogP contribution is 2.27. The molecule has 0 atom stereocenters.